The lowest BCUT2D eigenvalue weighted by molar-refractivity contribution is 0.479. The number of guanidine groups is 18. The zero-order chi connectivity index (χ0) is 96.8. The van der Waals surface area contributed by atoms with Gasteiger partial charge in [-0.3, -0.25) is 88.9 Å². The Morgan fingerprint density at radius 2 is 0.767 bits per heavy atom. The van der Waals surface area contributed by atoms with Crippen molar-refractivity contribution in [3.63, 3.8) is 0 Å². The standard InChI is InChI=1S/3C10H17N5.C9H15N5S.4C9H15N5.C8H13N5/c1-13-9(11)14-10(12)15(2)7-8-5-3-4-6-8;1-14(7-8-5-3-4-6-8)10(13)15(2)9(11)12;1-13-10(14-9(11)12)15(2)7-8-5-3-4-6-8;1-14(2)9(11)13-8(10)12-6-7-4-3-5-15-7;1-12-8(10)14-9(11)13-6-7-4-2-3-5-7;1-14(9(12)13-8(10)11)6-7-4-2-3-5-7;1-14(8(10)11)9(12)13-6-7-4-2-3-5-7;1-12-9(14-8(10)11)13-6-7-4-2-3-5-7;9-7(10)13-8(11)12-5-6-3-1-2-4-6/h3,5-6H,4,7H2,1-2H3,(H4,11,12,13,14);3,5-6,13H,4,7H2,1-2H3,(H3,11,12);3,5-6H,4,7H2,1-2H3,(H4,11,12,13,14);3-5H,6H2,1-2H3,(H4,10,11,12,13);2,4-5H,3,6H2,1H3,(H5,10,11,12,13,14);2,4-5H,3,6H2,1H3,(H5,10,11,12,13);2,4-5H,3,6H2,1H3,(H3,10,11)(H2,12,13);2,4-5H,3,6H2,1H3,(H5,10,11,12,13,14);1,3-4H,2,5H2,(H6,9,10,11,12,13). The van der Waals surface area contributed by atoms with Gasteiger partial charge in [0, 0.05) is 122 Å². The van der Waals surface area contributed by atoms with Crippen LogP contribution in [0.3, 0.4) is 0 Å². The zero-order valence-electron chi connectivity index (χ0n) is 76.2. The normalized spacial score (nSPS) is 15.0. The van der Waals surface area contributed by atoms with E-state index in [-0.39, 0.29) is 89.4 Å². The highest BCUT2D eigenvalue weighted by molar-refractivity contribution is 7.09. The van der Waals surface area contributed by atoms with Crippen molar-refractivity contribution < 1.29 is 0 Å². The van der Waals surface area contributed by atoms with E-state index < -0.39 is 0 Å². The number of nitrogens with two attached hydrogens (primary N) is 15. The number of hydrogen-bond donors (Lipinski definition) is 27. The largest absolute Gasteiger partial charge is 0.370 e. The molecular formula is C83H139N45S. The Morgan fingerprint density at radius 3 is 1.15 bits per heavy atom. The molecule has 0 aromatic carbocycles. The van der Waals surface area contributed by atoms with Crippen molar-refractivity contribution >= 4 is 119 Å². The van der Waals surface area contributed by atoms with Crippen LogP contribution in [-0.2, 0) is 6.54 Å². The van der Waals surface area contributed by atoms with Gasteiger partial charge < -0.3 is 116 Å². The van der Waals surface area contributed by atoms with Gasteiger partial charge in [0.05, 0.1) is 26.2 Å². The molecule has 0 fully saturated rings. The van der Waals surface area contributed by atoms with E-state index in [1.807, 2.05) is 68.8 Å². The lowest BCUT2D eigenvalue weighted by atomic mass is 10.3. The molecule has 46 heteroatoms. The van der Waals surface area contributed by atoms with E-state index in [9.17, 15) is 0 Å². The average Bonchev–Trinajstić information content (AvgIpc) is 1.82. The lowest BCUT2D eigenvalue weighted by Gasteiger charge is -2.26. The predicted molar refractivity (Wildman–Crippen MR) is 540 cm³/mol. The zero-order valence-corrected chi connectivity index (χ0v) is 77.0. The Morgan fingerprint density at radius 1 is 0.372 bits per heavy atom. The molecule has 42 N–H and O–H groups in total. The number of thiophene rings is 1. The highest BCUT2D eigenvalue weighted by atomic mass is 32.1. The van der Waals surface area contributed by atoms with E-state index in [1.54, 1.807) is 87.3 Å². The van der Waals surface area contributed by atoms with Gasteiger partial charge in [-0.2, -0.15) is 15.0 Å². The van der Waals surface area contributed by atoms with Crippen LogP contribution in [0.1, 0.15) is 56.2 Å². The van der Waals surface area contributed by atoms with Crippen molar-refractivity contribution in [3.8, 4) is 0 Å². The maximum atomic E-state index is 7.77. The van der Waals surface area contributed by atoms with Crippen molar-refractivity contribution in [1.29, 1.82) is 37.9 Å². The first kappa shape index (κ1) is 111. The summed E-state index contributed by atoms with van der Waals surface area (Å²) in [5, 5.41) is 66.6. The van der Waals surface area contributed by atoms with Gasteiger partial charge >= 0.3 is 0 Å². The summed E-state index contributed by atoms with van der Waals surface area (Å²) >= 11 is 1.64. The SMILES string of the molecule is CN(C(=N)N)C(N)=NCC1=CCC=C1.CN(C)C(N)=NC(N)=NCc1cccs1.CN(CC1=CCC=C1)C(=N)N(C)C(=N)N.CN(CC1=CCC=C1)C(N)=NC(=N)N.CN=C(N)NC(=N)N(C)CC1=CCC=C1.CN=C(N)NC(N)=NCC1=CCC=C1.CN=C(NC(=N)N)N(C)CC1=CCC=C1.CN=C(NCC1=CCC=C1)NC(=N)N.NC(N)=NC(N)=NCC1=CCC=C1. The number of allylic oxidation sites excluding steroid dienone is 16. The van der Waals surface area contributed by atoms with Crippen LogP contribution >= 0.6 is 11.3 Å². The molecule has 0 unspecified atom stereocenters. The maximum Gasteiger partial charge on any atom is 0.218 e. The van der Waals surface area contributed by atoms with E-state index in [0.717, 1.165) is 73.9 Å². The van der Waals surface area contributed by atoms with Crippen LogP contribution in [-0.4, -0.2) is 279 Å². The number of likely N-dealkylation sites (N-methyl/N-ethyl adjacent to an activating group) is 4. The minimum Gasteiger partial charge on any atom is -0.370 e. The van der Waals surface area contributed by atoms with E-state index in [2.05, 4.69) is 209 Å². The Balaban J connectivity index is 0.000000726. The monoisotopic (exact) mass is 1800 g/mol. The van der Waals surface area contributed by atoms with Crippen LogP contribution in [0.5, 0.6) is 0 Å². The predicted octanol–water partition coefficient (Wildman–Crippen LogP) is 0.689. The highest BCUT2D eigenvalue weighted by Gasteiger charge is 2.15. The molecule has 1 aromatic heterocycles. The van der Waals surface area contributed by atoms with Gasteiger partial charge in [0.25, 0.3) is 0 Å². The fourth-order valence-corrected chi connectivity index (χ4v) is 10.8. The molecule has 0 bridgehead atoms. The minimum absolute atomic E-state index is 0.0720. The second-order valence-electron chi connectivity index (χ2n) is 27.9. The van der Waals surface area contributed by atoms with Gasteiger partial charge in [0.2, 0.25) is 23.8 Å². The van der Waals surface area contributed by atoms with Crippen molar-refractivity contribution in [2.75, 3.05) is 137 Å². The maximum absolute atomic E-state index is 7.77. The van der Waals surface area contributed by atoms with Gasteiger partial charge in [-0.1, -0.05) is 152 Å². The Labute approximate surface area is 762 Å². The molecule has 0 radical (unpaired) electrons. The number of nitrogens with one attached hydrogen (secondary N) is 12. The summed E-state index contributed by atoms with van der Waals surface area (Å²) in [4.78, 5) is 55.5. The van der Waals surface area contributed by atoms with E-state index in [1.165, 1.54) is 43.2 Å². The van der Waals surface area contributed by atoms with Crippen LogP contribution in [0, 0.1) is 37.9 Å². The first-order valence-corrected chi connectivity index (χ1v) is 41.0. The summed E-state index contributed by atoms with van der Waals surface area (Å²) in [6.07, 6.45) is 57.9. The average molecular weight is 1800 g/mol. The van der Waals surface area contributed by atoms with Crippen LogP contribution in [0.4, 0.5) is 0 Å². The first-order valence-electron chi connectivity index (χ1n) is 40.1. The first-order chi connectivity index (χ1) is 61.2. The summed E-state index contributed by atoms with van der Waals surface area (Å²) in [5.74, 6) is 2.79. The molecular weight excluding hydrogens is 1660 g/mol. The van der Waals surface area contributed by atoms with E-state index in [0.29, 0.717) is 70.2 Å². The quantitative estimate of drug-likeness (QED) is 0.0710. The molecule has 1 aromatic rings. The molecule has 0 saturated carbocycles. The van der Waals surface area contributed by atoms with Crippen LogP contribution < -0.4 is 113 Å². The molecule has 8 aliphatic rings. The summed E-state index contributed by atoms with van der Waals surface area (Å²) < 4.78 is 0. The Kier molecular flexibility index (Phi) is 55.2. The topological polar surface area (TPSA) is 776 Å². The highest BCUT2D eigenvalue weighted by Crippen LogP contribution is 2.16. The molecule has 0 amide bonds. The molecule has 0 aliphatic heterocycles. The molecule has 0 atom stereocenters. The second-order valence-corrected chi connectivity index (χ2v) is 28.9. The molecule has 8 aliphatic carbocycles. The van der Waals surface area contributed by atoms with Crippen LogP contribution in [0.25, 0.3) is 0 Å². The number of nitrogens with zero attached hydrogens (tertiary/aromatic N) is 18. The smallest absolute Gasteiger partial charge is 0.218 e. The molecule has 0 saturated heterocycles. The van der Waals surface area contributed by atoms with Crippen LogP contribution in [0.2, 0.25) is 0 Å². The van der Waals surface area contributed by atoms with Crippen molar-refractivity contribution in [2.45, 2.75) is 57.9 Å². The third-order valence-corrected chi connectivity index (χ3v) is 18.0. The van der Waals surface area contributed by atoms with Gasteiger partial charge in [0.15, 0.2) is 83.4 Å². The molecule has 45 nitrogen and oxygen atoms in total. The summed E-state index contributed by atoms with van der Waals surface area (Å²) in [6, 6.07) is 3.98. The summed E-state index contributed by atoms with van der Waals surface area (Å²) in [5.41, 5.74) is 90.0. The van der Waals surface area contributed by atoms with Crippen molar-refractivity contribution in [2.24, 2.45) is 141 Å². The molecule has 702 valence electrons. The number of rotatable bonds is 18. The number of aliphatic imine (C=N–C) groups is 11. The molecule has 0 spiro atoms. The molecule has 1 heterocycles. The fourth-order valence-electron chi connectivity index (χ4n) is 10.2. The second kappa shape index (κ2) is 64.0. The Hall–Kier alpha value is -15.8. The van der Waals surface area contributed by atoms with E-state index >= 15 is 0 Å². The molecule has 129 heavy (non-hydrogen) atoms. The third-order valence-electron chi connectivity index (χ3n) is 17.1. The van der Waals surface area contributed by atoms with Gasteiger partial charge in [0.1, 0.15) is 0 Å². The lowest BCUT2D eigenvalue weighted by Crippen LogP contribution is -2.46. The summed E-state index contributed by atoms with van der Waals surface area (Å²) in [6.45, 7) is 5.73. The Bertz CT molecular complexity index is 4730. The van der Waals surface area contributed by atoms with Crippen molar-refractivity contribution in [1.82, 2.24) is 60.9 Å². The van der Waals surface area contributed by atoms with E-state index in [4.69, 9.17) is 124 Å². The minimum atomic E-state index is -0.273. The van der Waals surface area contributed by atoms with Gasteiger partial charge in [-0.25, -0.2) is 20.0 Å². The third kappa shape index (κ3) is 53.1. The van der Waals surface area contributed by atoms with Gasteiger partial charge in [-0.15, -0.1) is 11.3 Å². The van der Waals surface area contributed by atoms with Crippen molar-refractivity contribution in [3.05, 3.63) is 213 Å². The number of hydrogen-bond acceptors (Lipinski definition) is 16. The molecule has 9 rings (SSSR count). The fraction of sp³-hybridized carbons (Fsp3) is 0.349. The van der Waals surface area contributed by atoms with Crippen LogP contribution in [0.15, 0.2) is 263 Å². The van der Waals surface area contributed by atoms with Gasteiger partial charge in [-0.05, 0) is 107 Å². The summed E-state index contributed by atoms with van der Waals surface area (Å²) in [7, 11) is 20.7.